The van der Waals surface area contributed by atoms with E-state index in [4.69, 9.17) is 0 Å². The first-order valence-corrected chi connectivity index (χ1v) is 7.25. The summed E-state index contributed by atoms with van der Waals surface area (Å²) in [6, 6.07) is 0. The first kappa shape index (κ1) is 13.7. The Balaban J connectivity index is 1.93. The lowest BCUT2D eigenvalue weighted by Gasteiger charge is -2.06. The Morgan fingerprint density at radius 2 is 2.33 bits per heavy atom. The van der Waals surface area contributed by atoms with E-state index in [1.54, 1.807) is 0 Å². The van der Waals surface area contributed by atoms with E-state index in [2.05, 4.69) is 25.6 Å². The number of tetrazole rings is 1. The van der Waals surface area contributed by atoms with Crippen molar-refractivity contribution >= 4 is 23.2 Å². The maximum atomic E-state index is 12.4. The highest BCUT2D eigenvalue weighted by molar-refractivity contribution is 7.15. The molecule has 0 atom stereocenters. The van der Waals surface area contributed by atoms with Crippen LogP contribution in [0, 0.1) is 0 Å². The Kier molecular flexibility index (Phi) is 3.65. The lowest BCUT2D eigenvalue weighted by atomic mass is 10.1. The van der Waals surface area contributed by atoms with E-state index in [-0.39, 0.29) is 12.5 Å². The van der Waals surface area contributed by atoms with Crippen LogP contribution in [0.25, 0.3) is 5.00 Å². The molecule has 0 fully saturated rings. The van der Waals surface area contributed by atoms with E-state index < -0.39 is 5.97 Å². The van der Waals surface area contributed by atoms with Crippen molar-refractivity contribution in [2.75, 3.05) is 13.7 Å². The van der Waals surface area contributed by atoms with Crippen LogP contribution in [0.1, 0.15) is 27.2 Å². The smallest absolute Gasteiger partial charge is 0.325 e. The molecule has 2 heterocycles. The fourth-order valence-electron chi connectivity index (χ4n) is 2.35. The van der Waals surface area contributed by atoms with Crippen LogP contribution in [0.15, 0.2) is 6.33 Å². The Bertz CT molecular complexity index is 679. The van der Waals surface area contributed by atoms with E-state index in [0.29, 0.717) is 10.6 Å². The predicted octanol–water partition coefficient (Wildman–Crippen LogP) is 0.115. The van der Waals surface area contributed by atoms with Gasteiger partial charge in [0, 0.05) is 4.88 Å². The molecule has 9 heteroatoms. The Morgan fingerprint density at radius 3 is 3.05 bits per heavy atom. The van der Waals surface area contributed by atoms with E-state index in [1.165, 1.54) is 34.3 Å². The number of amides is 1. The van der Waals surface area contributed by atoms with Crippen molar-refractivity contribution in [2.45, 2.75) is 19.3 Å². The van der Waals surface area contributed by atoms with Crippen LogP contribution < -0.4 is 5.32 Å². The number of hydrogen-bond donors (Lipinski definition) is 1. The molecule has 0 saturated heterocycles. The van der Waals surface area contributed by atoms with Crippen molar-refractivity contribution in [3.8, 4) is 5.00 Å². The van der Waals surface area contributed by atoms with Gasteiger partial charge in [0.2, 0.25) is 0 Å². The zero-order chi connectivity index (χ0) is 14.8. The van der Waals surface area contributed by atoms with Crippen molar-refractivity contribution < 1.29 is 14.3 Å². The minimum atomic E-state index is -0.487. The molecule has 1 aliphatic rings. The summed E-state index contributed by atoms with van der Waals surface area (Å²) in [6.07, 6.45) is 4.31. The van der Waals surface area contributed by atoms with Crippen LogP contribution in [0.5, 0.6) is 0 Å². The van der Waals surface area contributed by atoms with Gasteiger partial charge in [-0.25, -0.2) is 0 Å². The molecule has 0 bridgehead atoms. The zero-order valence-electron chi connectivity index (χ0n) is 11.3. The summed E-state index contributed by atoms with van der Waals surface area (Å²) in [7, 11) is 1.28. The standard InChI is InChI=1S/C12H13N5O3S/c1-20-9(18)5-13-11(19)10-7-3-2-4-8(7)21-12(10)17-6-14-15-16-17/h6H,2-5H2,1H3,(H,13,19). The third-order valence-electron chi connectivity index (χ3n) is 3.31. The van der Waals surface area contributed by atoms with Gasteiger partial charge >= 0.3 is 5.97 Å². The highest BCUT2D eigenvalue weighted by Crippen LogP contribution is 2.37. The summed E-state index contributed by atoms with van der Waals surface area (Å²) >= 11 is 1.52. The quantitative estimate of drug-likeness (QED) is 0.805. The summed E-state index contributed by atoms with van der Waals surface area (Å²) < 4.78 is 6.01. The van der Waals surface area contributed by atoms with Gasteiger partial charge < -0.3 is 10.1 Å². The van der Waals surface area contributed by atoms with Gasteiger partial charge in [-0.1, -0.05) is 0 Å². The van der Waals surface area contributed by atoms with Gasteiger partial charge in [-0.2, -0.15) is 4.68 Å². The molecule has 1 N–H and O–H groups in total. The maximum absolute atomic E-state index is 12.4. The molecule has 8 nitrogen and oxygen atoms in total. The molecule has 2 aromatic heterocycles. The highest BCUT2D eigenvalue weighted by atomic mass is 32.1. The lowest BCUT2D eigenvalue weighted by Crippen LogP contribution is -2.31. The molecule has 0 aliphatic heterocycles. The largest absolute Gasteiger partial charge is 0.468 e. The number of thiophene rings is 1. The lowest BCUT2D eigenvalue weighted by molar-refractivity contribution is -0.139. The number of carbonyl (C=O) groups excluding carboxylic acids is 2. The number of aromatic nitrogens is 4. The molecule has 110 valence electrons. The minimum absolute atomic E-state index is 0.158. The minimum Gasteiger partial charge on any atom is -0.468 e. The summed E-state index contributed by atoms with van der Waals surface area (Å²) in [5.41, 5.74) is 1.59. The molecule has 21 heavy (non-hydrogen) atoms. The predicted molar refractivity (Wildman–Crippen MR) is 73.4 cm³/mol. The first-order valence-electron chi connectivity index (χ1n) is 6.43. The molecule has 0 aromatic carbocycles. The van der Waals surface area contributed by atoms with Gasteiger partial charge in [0.05, 0.1) is 12.7 Å². The maximum Gasteiger partial charge on any atom is 0.325 e. The van der Waals surface area contributed by atoms with Crippen LogP contribution in [0.4, 0.5) is 0 Å². The van der Waals surface area contributed by atoms with Crippen molar-refractivity contribution in [2.24, 2.45) is 0 Å². The van der Waals surface area contributed by atoms with Gasteiger partial charge in [0.15, 0.2) is 0 Å². The number of nitrogens with zero attached hydrogens (tertiary/aromatic N) is 4. The van der Waals surface area contributed by atoms with Gasteiger partial charge in [0.25, 0.3) is 5.91 Å². The zero-order valence-corrected chi connectivity index (χ0v) is 12.1. The number of esters is 1. The number of fused-ring (bicyclic) bond motifs is 1. The number of hydrogen-bond acceptors (Lipinski definition) is 7. The number of rotatable bonds is 4. The molecule has 1 aliphatic carbocycles. The van der Waals surface area contributed by atoms with Crippen LogP contribution >= 0.6 is 11.3 Å². The summed E-state index contributed by atoms with van der Waals surface area (Å²) in [4.78, 5) is 24.8. The van der Waals surface area contributed by atoms with Gasteiger partial charge in [-0.3, -0.25) is 9.59 Å². The number of aryl methyl sites for hydroxylation is 1. The van der Waals surface area contributed by atoms with Gasteiger partial charge in [0.1, 0.15) is 17.9 Å². The summed E-state index contributed by atoms with van der Waals surface area (Å²) in [5, 5.41) is 14.3. The second kappa shape index (κ2) is 5.60. The number of methoxy groups -OCH3 is 1. The Morgan fingerprint density at radius 1 is 1.48 bits per heavy atom. The van der Waals surface area contributed by atoms with Crippen molar-refractivity contribution in [3.05, 3.63) is 22.3 Å². The number of carbonyl (C=O) groups is 2. The average molecular weight is 307 g/mol. The molecule has 2 aromatic rings. The van der Waals surface area contributed by atoms with Crippen molar-refractivity contribution in [1.29, 1.82) is 0 Å². The van der Waals surface area contributed by atoms with E-state index >= 15 is 0 Å². The second-order valence-corrected chi connectivity index (χ2v) is 5.63. The number of ether oxygens (including phenoxy) is 1. The molecule has 1 amide bonds. The van der Waals surface area contributed by atoms with E-state index in [1.807, 2.05) is 0 Å². The van der Waals surface area contributed by atoms with Crippen LogP contribution in [0.2, 0.25) is 0 Å². The Hall–Kier alpha value is -2.29. The number of nitrogens with one attached hydrogen (secondary N) is 1. The third kappa shape index (κ3) is 2.51. The van der Waals surface area contributed by atoms with Gasteiger partial charge in [-0.05, 0) is 35.3 Å². The molecule has 0 radical (unpaired) electrons. The molecular formula is C12H13N5O3S. The second-order valence-electron chi connectivity index (χ2n) is 4.55. The van der Waals surface area contributed by atoms with Crippen LogP contribution in [0.3, 0.4) is 0 Å². The SMILES string of the molecule is COC(=O)CNC(=O)c1c(-n2cnnn2)sc2c1CCC2. The van der Waals surface area contributed by atoms with E-state index in [9.17, 15) is 9.59 Å². The van der Waals surface area contributed by atoms with Crippen molar-refractivity contribution in [3.63, 3.8) is 0 Å². The van der Waals surface area contributed by atoms with Crippen LogP contribution in [-0.4, -0.2) is 45.7 Å². The van der Waals surface area contributed by atoms with Gasteiger partial charge in [-0.15, -0.1) is 16.4 Å². The monoisotopic (exact) mass is 307 g/mol. The van der Waals surface area contributed by atoms with Crippen LogP contribution in [-0.2, 0) is 22.4 Å². The first-order chi connectivity index (χ1) is 10.2. The third-order valence-corrected chi connectivity index (χ3v) is 4.59. The summed E-state index contributed by atoms with van der Waals surface area (Å²) in [6.45, 7) is -0.158. The molecule has 0 saturated carbocycles. The summed E-state index contributed by atoms with van der Waals surface area (Å²) in [5.74, 6) is -0.788. The van der Waals surface area contributed by atoms with E-state index in [0.717, 1.165) is 24.8 Å². The van der Waals surface area contributed by atoms with Crippen molar-refractivity contribution in [1.82, 2.24) is 25.5 Å². The molecule has 3 rings (SSSR count). The average Bonchev–Trinajstić information content (AvgIpc) is 3.18. The molecular weight excluding hydrogens is 294 g/mol. The molecule has 0 unspecified atom stereocenters. The Labute approximate surface area is 124 Å². The fraction of sp³-hybridized carbons (Fsp3) is 0.417. The normalized spacial score (nSPS) is 13.0. The highest BCUT2D eigenvalue weighted by Gasteiger charge is 2.28. The molecule has 0 spiro atoms. The topological polar surface area (TPSA) is 99.0 Å². The fourth-order valence-corrected chi connectivity index (χ4v) is 3.65.